The van der Waals surface area contributed by atoms with Crippen LogP contribution in [0.2, 0.25) is 5.02 Å². The summed E-state index contributed by atoms with van der Waals surface area (Å²) in [7, 11) is 0. The number of hydrazine groups is 1. The zero-order valence-electron chi connectivity index (χ0n) is 12.7. The van der Waals surface area contributed by atoms with Crippen LogP contribution in [0.15, 0.2) is 42.0 Å². The van der Waals surface area contributed by atoms with Gasteiger partial charge < -0.3 is 5.32 Å². The van der Waals surface area contributed by atoms with Gasteiger partial charge in [-0.15, -0.1) is 11.3 Å². The smallest absolute Gasteiger partial charge is 0.226 e. The minimum atomic E-state index is -0.185. The van der Waals surface area contributed by atoms with Crippen molar-refractivity contribution in [2.45, 2.75) is 12.6 Å². The van der Waals surface area contributed by atoms with E-state index in [1.807, 2.05) is 46.4 Å². The molecule has 0 bridgehead atoms. The van der Waals surface area contributed by atoms with Crippen molar-refractivity contribution in [3.63, 3.8) is 0 Å². The van der Waals surface area contributed by atoms with Crippen LogP contribution in [0.25, 0.3) is 4.96 Å². The summed E-state index contributed by atoms with van der Waals surface area (Å²) in [5, 5.41) is 5.66. The molecule has 6 nitrogen and oxygen atoms in total. The molecule has 3 heterocycles. The van der Waals surface area contributed by atoms with Gasteiger partial charge in [-0.1, -0.05) is 23.7 Å². The Balaban J connectivity index is 1.42. The maximum atomic E-state index is 12.6. The van der Waals surface area contributed by atoms with Gasteiger partial charge in [0.15, 0.2) is 4.96 Å². The van der Waals surface area contributed by atoms with Crippen molar-refractivity contribution in [2.75, 3.05) is 6.54 Å². The van der Waals surface area contributed by atoms with Crippen LogP contribution in [0.5, 0.6) is 0 Å². The number of imidazole rings is 1. The normalized spacial score (nSPS) is 20.5. The minimum absolute atomic E-state index is 0.00352. The van der Waals surface area contributed by atoms with Gasteiger partial charge in [-0.2, -0.15) is 0 Å². The highest BCUT2D eigenvalue weighted by Crippen LogP contribution is 2.26. The fraction of sp³-hybridized carbons (Fsp3) is 0.250. The predicted molar refractivity (Wildman–Crippen MR) is 93.7 cm³/mol. The third-order valence-corrected chi connectivity index (χ3v) is 5.16. The SMILES string of the molecule is O=C(NCc1cn2ccsc2n1)C1CNNC1c1ccc(Cl)cc1. The quantitative estimate of drug-likeness (QED) is 0.665. The number of carbonyl (C=O) groups excluding carboxylic acids is 1. The van der Waals surface area contributed by atoms with Crippen molar-refractivity contribution >= 4 is 33.8 Å². The molecule has 24 heavy (non-hydrogen) atoms. The summed E-state index contributed by atoms with van der Waals surface area (Å²) in [5.74, 6) is -0.182. The molecule has 2 atom stereocenters. The van der Waals surface area contributed by atoms with E-state index in [1.165, 1.54) is 0 Å². The van der Waals surface area contributed by atoms with E-state index >= 15 is 0 Å². The minimum Gasteiger partial charge on any atom is -0.350 e. The number of benzene rings is 1. The number of carbonyl (C=O) groups is 1. The number of thiazole rings is 1. The molecule has 3 aromatic rings. The lowest BCUT2D eigenvalue weighted by atomic mass is 9.94. The van der Waals surface area contributed by atoms with E-state index in [-0.39, 0.29) is 17.9 Å². The number of nitrogens with one attached hydrogen (secondary N) is 3. The molecule has 1 saturated heterocycles. The molecule has 1 aliphatic rings. The molecular weight excluding hydrogens is 346 g/mol. The third-order valence-electron chi connectivity index (χ3n) is 4.13. The Hall–Kier alpha value is -1.93. The largest absolute Gasteiger partial charge is 0.350 e. The van der Waals surface area contributed by atoms with E-state index in [0.717, 1.165) is 16.2 Å². The molecule has 4 rings (SSSR count). The fourth-order valence-electron chi connectivity index (χ4n) is 2.90. The molecular formula is C16H16ClN5OS. The predicted octanol–water partition coefficient (Wildman–Crippen LogP) is 2.13. The molecule has 1 aliphatic heterocycles. The van der Waals surface area contributed by atoms with Crippen molar-refractivity contribution in [3.05, 3.63) is 58.3 Å². The van der Waals surface area contributed by atoms with Gasteiger partial charge in [-0.3, -0.25) is 14.6 Å². The summed E-state index contributed by atoms with van der Waals surface area (Å²) < 4.78 is 1.96. The Morgan fingerprint density at radius 3 is 3.04 bits per heavy atom. The topological polar surface area (TPSA) is 70.5 Å². The maximum Gasteiger partial charge on any atom is 0.226 e. The Bertz CT molecular complexity index is 830. The number of hydrogen-bond acceptors (Lipinski definition) is 5. The van der Waals surface area contributed by atoms with Gasteiger partial charge in [0, 0.05) is 29.3 Å². The van der Waals surface area contributed by atoms with E-state index in [4.69, 9.17) is 11.6 Å². The first kappa shape index (κ1) is 15.6. The number of hydrogen-bond donors (Lipinski definition) is 3. The second kappa shape index (κ2) is 6.52. The van der Waals surface area contributed by atoms with Crippen molar-refractivity contribution < 1.29 is 4.79 Å². The molecule has 2 unspecified atom stereocenters. The first-order valence-electron chi connectivity index (χ1n) is 7.63. The summed E-state index contributed by atoms with van der Waals surface area (Å²) in [5.41, 5.74) is 8.13. The Kier molecular flexibility index (Phi) is 4.24. The van der Waals surface area contributed by atoms with Crippen LogP contribution in [0, 0.1) is 5.92 Å². The van der Waals surface area contributed by atoms with Gasteiger partial charge in [0.05, 0.1) is 24.2 Å². The maximum absolute atomic E-state index is 12.6. The Labute approximate surface area is 147 Å². The highest BCUT2D eigenvalue weighted by Gasteiger charge is 2.33. The molecule has 1 fully saturated rings. The summed E-state index contributed by atoms with van der Waals surface area (Å²) in [6.07, 6.45) is 3.90. The van der Waals surface area contributed by atoms with Crippen LogP contribution in [0.4, 0.5) is 0 Å². The molecule has 0 saturated carbocycles. The van der Waals surface area contributed by atoms with Crippen LogP contribution < -0.4 is 16.2 Å². The fourth-order valence-corrected chi connectivity index (χ4v) is 3.74. The summed E-state index contributed by atoms with van der Waals surface area (Å²) in [6, 6.07) is 7.48. The lowest BCUT2D eigenvalue weighted by Crippen LogP contribution is -2.34. The Morgan fingerprint density at radius 2 is 2.25 bits per heavy atom. The highest BCUT2D eigenvalue weighted by atomic mass is 35.5. The van der Waals surface area contributed by atoms with E-state index in [2.05, 4.69) is 21.2 Å². The van der Waals surface area contributed by atoms with Crippen molar-refractivity contribution in [3.8, 4) is 0 Å². The molecule has 0 radical (unpaired) electrons. The average Bonchev–Trinajstić information content (AvgIpc) is 3.28. The van der Waals surface area contributed by atoms with E-state index in [0.29, 0.717) is 18.1 Å². The molecule has 2 aromatic heterocycles. The average molecular weight is 362 g/mol. The number of amides is 1. The van der Waals surface area contributed by atoms with Gasteiger partial charge in [-0.05, 0) is 17.7 Å². The van der Waals surface area contributed by atoms with Gasteiger partial charge in [0.1, 0.15) is 0 Å². The van der Waals surface area contributed by atoms with Gasteiger partial charge in [-0.25, -0.2) is 10.4 Å². The molecule has 3 N–H and O–H groups in total. The van der Waals surface area contributed by atoms with Crippen LogP contribution in [-0.4, -0.2) is 21.8 Å². The molecule has 0 spiro atoms. The van der Waals surface area contributed by atoms with Gasteiger partial charge in [0.25, 0.3) is 0 Å². The summed E-state index contributed by atoms with van der Waals surface area (Å²) in [4.78, 5) is 18.0. The second-order valence-corrected chi connectivity index (χ2v) is 7.01. The van der Waals surface area contributed by atoms with Crippen LogP contribution in [0.3, 0.4) is 0 Å². The van der Waals surface area contributed by atoms with Crippen molar-refractivity contribution in [2.24, 2.45) is 5.92 Å². The zero-order valence-corrected chi connectivity index (χ0v) is 14.3. The van der Waals surface area contributed by atoms with Gasteiger partial charge in [0.2, 0.25) is 5.91 Å². The van der Waals surface area contributed by atoms with E-state index in [1.54, 1.807) is 11.3 Å². The number of halogens is 1. The molecule has 1 aromatic carbocycles. The van der Waals surface area contributed by atoms with Crippen molar-refractivity contribution in [1.82, 2.24) is 25.6 Å². The van der Waals surface area contributed by atoms with E-state index < -0.39 is 0 Å². The molecule has 0 aliphatic carbocycles. The van der Waals surface area contributed by atoms with Crippen LogP contribution in [0.1, 0.15) is 17.3 Å². The Morgan fingerprint density at radius 1 is 1.42 bits per heavy atom. The van der Waals surface area contributed by atoms with E-state index in [9.17, 15) is 4.79 Å². The number of rotatable bonds is 4. The molecule has 124 valence electrons. The molecule has 8 heteroatoms. The first-order chi connectivity index (χ1) is 11.7. The van der Waals surface area contributed by atoms with Gasteiger partial charge >= 0.3 is 0 Å². The first-order valence-corrected chi connectivity index (χ1v) is 8.89. The van der Waals surface area contributed by atoms with Crippen LogP contribution >= 0.6 is 22.9 Å². The lowest BCUT2D eigenvalue weighted by Gasteiger charge is -2.18. The second-order valence-electron chi connectivity index (χ2n) is 5.70. The van der Waals surface area contributed by atoms with Crippen LogP contribution in [-0.2, 0) is 11.3 Å². The number of aromatic nitrogens is 2. The monoisotopic (exact) mass is 361 g/mol. The number of fused-ring (bicyclic) bond motifs is 1. The summed E-state index contributed by atoms with van der Waals surface area (Å²) in [6.45, 7) is 1.01. The highest BCUT2D eigenvalue weighted by molar-refractivity contribution is 7.15. The molecule has 1 amide bonds. The third kappa shape index (κ3) is 3.03. The standard InChI is InChI=1S/C16H16ClN5OS/c17-11-3-1-10(2-4-11)14-13(8-19-21-14)15(23)18-7-12-9-22-5-6-24-16(22)20-12/h1-6,9,13-14,19,21H,7-8H2,(H,18,23). The van der Waals surface area contributed by atoms with Crippen molar-refractivity contribution in [1.29, 1.82) is 0 Å². The summed E-state index contributed by atoms with van der Waals surface area (Å²) >= 11 is 7.51. The zero-order chi connectivity index (χ0) is 16.5. The number of nitrogens with zero attached hydrogens (tertiary/aromatic N) is 2. The lowest BCUT2D eigenvalue weighted by molar-refractivity contribution is -0.125.